The number of H-pyrrole nitrogens is 1. The summed E-state index contributed by atoms with van der Waals surface area (Å²) >= 11 is 0. The second kappa shape index (κ2) is 5.36. The molecule has 0 aliphatic rings. The van der Waals surface area contributed by atoms with E-state index < -0.39 is 12.1 Å². The van der Waals surface area contributed by atoms with E-state index in [9.17, 15) is 4.79 Å². The summed E-state index contributed by atoms with van der Waals surface area (Å²) in [5.41, 5.74) is 5.87. The number of nitrogens with two attached hydrogens (primary N) is 1. The zero-order chi connectivity index (χ0) is 10.4. The Bertz CT molecular complexity index is 273. The van der Waals surface area contributed by atoms with Crippen molar-refractivity contribution in [2.24, 2.45) is 5.73 Å². The van der Waals surface area contributed by atoms with Crippen LogP contribution in [0, 0.1) is 0 Å². The summed E-state index contributed by atoms with van der Waals surface area (Å²) in [6.07, 6.45) is 2.51. The van der Waals surface area contributed by atoms with Gasteiger partial charge in [-0.15, -0.1) is 0 Å². The molecule has 0 fully saturated rings. The molecule has 1 aromatic rings. The van der Waals surface area contributed by atoms with E-state index in [1.54, 1.807) is 6.20 Å². The van der Waals surface area contributed by atoms with Gasteiger partial charge in [-0.1, -0.05) is 0 Å². The second-order valence-corrected chi connectivity index (χ2v) is 2.75. The second-order valence-electron chi connectivity index (χ2n) is 2.75. The Hall–Kier alpha value is -1.40. The topological polar surface area (TPSA) is 101 Å². The first-order valence-electron chi connectivity index (χ1n) is 4.26. The van der Waals surface area contributed by atoms with E-state index in [1.807, 2.05) is 0 Å². The van der Waals surface area contributed by atoms with Gasteiger partial charge in [-0.25, -0.2) is 9.78 Å². The third-order valence-corrected chi connectivity index (χ3v) is 1.66. The lowest BCUT2D eigenvalue weighted by Crippen LogP contribution is -2.28. The standard InChI is InChI=1S/C8H13N3O3/c9-1-2-14-7(8(12)13)3-6-4-10-5-11-6/h4-5,7H,1-3,9H2,(H,10,11)(H,12,13)/t7-/m0/s1. The zero-order valence-electron chi connectivity index (χ0n) is 7.64. The molecule has 0 amide bonds. The predicted molar refractivity (Wildman–Crippen MR) is 48.7 cm³/mol. The number of nitrogens with zero attached hydrogens (tertiary/aromatic N) is 1. The van der Waals surface area contributed by atoms with E-state index in [4.69, 9.17) is 15.6 Å². The third-order valence-electron chi connectivity index (χ3n) is 1.66. The molecule has 0 aliphatic heterocycles. The Labute approximate surface area is 81.1 Å². The lowest BCUT2D eigenvalue weighted by atomic mass is 10.2. The Morgan fingerprint density at radius 1 is 1.79 bits per heavy atom. The SMILES string of the molecule is NCCO[C@@H](Cc1c[nH]cn1)C(=O)O. The van der Waals surface area contributed by atoms with Crippen molar-refractivity contribution in [1.82, 2.24) is 9.97 Å². The number of carboxylic acids is 1. The molecule has 6 heteroatoms. The van der Waals surface area contributed by atoms with Crippen LogP contribution >= 0.6 is 0 Å². The lowest BCUT2D eigenvalue weighted by molar-refractivity contribution is -0.150. The Morgan fingerprint density at radius 3 is 3.07 bits per heavy atom. The minimum Gasteiger partial charge on any atom is -0.479 e. The first kappa shape index (κ1) is 10.7. The molecule has 0 aliphatic carbocycles. The Morgan fingerprint density at radius 2 is 2.57 bits per heavy atom. The average molecular weight is 199 g/mol. The van der Waals surface area contributed by atoms with Crippen LogP contribution in [-0.2, 0) is 16.0 Å². The van der Waals surface area contributed by atoms with Gasteiger partial charge >= 0.3 is 5.97 Å². The summed E-state index contributed by atoms with van der Waals surface area (Å²) in [6.45, 7) is 0.547. The molecule has 1 rings (SSSR count). The van der Waals surface area contributed by atoms with Crippen LogP contribution in [0.5, 0.6) is 0 Å². The van der Waals surface area contributed by atoms with Gasteiger partial charge in [0.15, 0.2) is 6.10 Å². The summed E-state index contributed by atoms with van der Waals surface area (Å²) in [5.74, 6) is -0.999. The average Bonchev–Trinajstić information content (AvgIpc) is 2.64. The zero-order valence-corrected chi connectivity index (χ0v) is 7.64. The maximum Gasteiger partial charge on any atom is 0.333 e. The molecule has 4 N–H and O–H groups in total. The highest BCUT2D eigenvalue weighted by molar-refractivity contribution is 5.72. The lowest BCUT2D eigenvalue weighted by Gasteiger charge is -2.11. The van der Waals surface area contributed by atoms with Crippen LogP contribution in [0.3, 0.4) is 0 Å². The predicted octanol–water partition coefficient (Wildman–Crippen LogP) is -0.619. The van der Waals surface area contributed by atoms with Crippen molar-refractivity contribution in [1.29, 1.82) is 0 Å². The van der Waals surface area contributed by atoms with Crippen molar-refractivity contribution in [2.45, 2.75) is 12.5 Å². The first-order valence-corrected chi connectivity index (χ1v) is 4.26. The first-order chi connectivity index (χ1) is 6.74. The van der Waals surface area contributed by atoms with Crippen molar-refractivity contribution in [3.8, 4) is 0 Å². The van der Waals surface area contributed by atoms with Crippen molar-refractivity contribution < 1.29 is 14.6 Å². The number of rotatable bonds is 6. The number of nitrogens with one attached hydrogen (secondary N) is 1. The third kappa shape index (κ3) is 3.15. The maximum atomic E-state index is 10.7. The fourth-order valence-electron chi connectivity index (χ4n) is 1.02. The summed E-state index contributed by atoms with van der Waals surface area (Å²) in [4.78, 5) is 17.4. The number of hydrogen-bond donors (Lipinski definition) is 3. The van der Waals surface area contributed by atoms with Gasteiger partial charge in [-0.05, 0) is 0 Å². The van der Waals surface area contributed by atoms with Crippen LogP contribution in [0.2, 0.25) is 0 Å². The van der Waals surface area contributed by atoms with Crippen molar-refractivity contribution in [2.75, 3.05) is 13.2 Å². The quantitative estimate of drug-likeness (QED) is 0.566. The molecule has 1 aromatic heterocycles. The number of aliphatic carboxylic acids is 1. The Balaban J connectivity index is 2.47. The number of imidazole rings is 1. The number of hydrogen-bond acceptors (Lipinski definition) is 4. The smallest absolute Gasteiger partial charge is 0.333 e. The molecular weight excluding hydrogens is 186 g/mol. The van der Waals surface area contributed by atoms with Gasteiger partial charge in [-0.3, -0.25) is 0 Å². The maximum absolute atomic E-state index is 10.7. The number of aromatic nitrogens is 2. The molecule has 1 heterocycles. The van der Waals surface area contributed by atoms with E-state index in [0.29, 0.717) is 12.2 Å². The molecule has 0 saturated heterocycles. The molecular formula is C8H13N3O3. The summed E-state index contributed by atoms with van der Waals surface area (Å²) in [5, 5.41) is 8.79. The van der Waals surface area contributed by atoms with Crippen LogP contribution in [0.25, 0.3) is 0 Å². The highest BCUT2D eigenvalue weighted by Crippen LogP contribution is 2.02. The molecule has 0 aromatic carbocycles. The van der Waals surface area contributed by atoms with Gasteiger partial charge in [-0.2, -0.15) is 0 Å². The summed E-state index contributed by atoms with van der Waals surface area (Å²) in [7, 11) is 0. The van der Waals surface area contributed by atoms with Crippen LogP contribution in [0.1, 0.15) is 5.69 Å². The van der Waals surface area contributed by atoms with Crippen molar-refractivity contribution >= 4 is 5.97 Å². The monoisotopic (exact) mass is 199 g/mol. The van der Waals surface area contributed by atoms with E-state index in [1.165, 1.54) is 6.33 Å². The Kier molecular flexibility index (Phi) is 4.09. The molecule has 0 unspecified atom stereocenters. The fourth-order valence-corrected chi connectivity index (χ4v) is 1.02. The molecule has 0 bridgehead atoms. The number of carbonyl (C=O) groups is 1. The highest BCUT2D eigenvalue weighted by atomic mass is 16.5. The van der Waals surface area contributed by atoms with E-state index in [0.717, 1.165) is 0 Å². The molecule has 6 nitrogen and oxygen atoms in total. The van der Waals surface area contributed by atoms with Gasteiger partial charge in [0.2, 0.25) is 0 Å². The largest absolute Gasteiger partial charge is 0.479 e. The highest BCUT2D eigenvalue weighted by Gasteiger charge is 2.18. The minimum atomic E-state index is -0.999. The van der Waals surface area contributed by atoms with Gasteiger partial charge in [0.05, 0.1) is 18.6 Å². The van der Waals surface area contributed by atoms with Gasteiger partial charge in [0, 0.05) is 19.2 Å². The fraction of sp³-hybridized carbons (Fsp3) is 0.500. The van der Waals surface area contributed by atoms with Crippen molar-refractivity contribution in [3.05, 3.63) is 18.2 Å². The van der Waals surface area contributed by atoms with Crippen LogP contribution in [-0.4, -0.2) is 40.3 Å². The van der Waals surface area contributed by atoms with E-state index in [2.05, 4.69) is 9.97 Å². The number of ether oxygens (including phenoxy) is 1. The normalized spacial score (nSPS) is 12.6. The van der Waals surface area contributed by atoms with Crippen LogP contribution in [0.4, 0.5) is 0 Å². The molecule has 0 radical (unpaired) electrons. The van der Waals surface area contributed by atoms with Gasteiger partial charge < -0.3 is 20.6 Å². The number of carboxylic acid groups (broad SMARTS) is 1. The van der Waals surface area contributed by atoms with Gasteiger partial charge in [0.1, 0.15) is 0 Å². The molecule has 0 spiro atoms. The molecule has 1 atom stereocenters. The van der Waals surface area contributed by atoms with E-state index >= 15 is 0 Å². The molecule has 78 valence electrons. The minimum absolute atomic E-state index is 0.237. The van der Waals surface area contributed by atoms with Crippen molar-refractivity contribution in [3.63, 3.8) is 0 Å². The van der Waals surface area contributed by atoms with Crippen LogP contribution < -0.4 is 5.73 Å². The molecule has 14 heavy (non-hydrogen) atoms. The summed E-state index contributed by atoms with van der Waals surface area (Å²) < 4.78 is 5.05. The number of aromatic amines is 1. The van der Waals surface area contributed by atoms with Gasteiger partial charge in [0.25, 0.3) is 0 Å². The van der Waals surface area contributed by atoms with Crippen LogP contribution in [0.15, 0.2) is 12.5 Å². The molecule has 0 saturated carbocycles. The van der Waals surface area contributed by atoms with E-state index in [-0.39, 0.29) is 13.0 Å². The summed E-state index contributed by atoms with van der Waals surface area (Å²) in [6, 6.07) is 0.